The summed E-state index contributed by atoms with van der Waals surface area (Å²) >= 11 is 0. The highest BCUT2D eigenvalue weighted by Crippen LogP contribution is 2.08. The molecule has 0 rings (SSSR count). The number of amides is 1. The second kappa shape index (κ2) is 7.04. The number of nitrogens with one attached hydrogen (secondary N) is 2. The summed E-state index contributed by atoms with van der Waals surface area (Å²) in [7, 11) is -3.55. The van der Waals surface area contributed by atoms with Crippen molar-refractivity contribution in [1.82, 2.24) is 10.0 Å². The molecule has 0 fully saturated rings. The summed E-state index contributed by atoms with van der Waals surface area (Å²) in [6.45, 7) is -0.559. The number of halogens is 3. The van der Waals surface area contributed by atoms with E-state index >= 15 is 0 Å². The van der Waals surface area contributed by atoms with Gasteiger partial charge in [-0.05, 0) is 6.92 Å². The molecule has 0 aliphatic heterocycles. The highest BCUT2D eigenvalue weighted by atomic mass is 35.5. The van der Waals surface area contributed by atoms with E-state index < -0.39 is 41.0 Å². The van der Waals surface area contributed by atoms with Gasteiger partial charge in [0.25, 0.3) is 5.92 Å². The fraction of sp³-hybridized carbons (Fsp3) is 0.857. The molecule has 17 heavy (non-hydrogen) atoms. The average Bonchev–Trinajstić information content (AvgIpc) is 2.11. The van der Waals surface area contributed by atoms with Crippen LogP contribution in [0.3, 0.4) is 0 Å². The smallest absolute Gasteiger partial charge is 0.277 e. The lowest BCUT2D eigenvalue weighted by Gasteiger charge is -2.17. The summed E-state index contributed by atoms with van der Waals surface area (Å²) in [5.74, 6) is -4.03. The highest BCUT2D eigenvalue weighted by molar-refractivity contribution is 7.88. The van der Waals surface area contributed by atoms with Crippen LogP contribution in [-0.2, 0) is 14.8 Å². The minimum Gasteiger partial charge on any atom is -0.349 e. The van der Waals surface area contributed by atoms with Crippen molar-refractivity contribution < 1.29 is 22.0 Å². The Bertz CT molecular complexity index is 350. The first-order chi connectivity index (χ1) is 7.07. The van der Waals surface area contributed by atoms with Gasteiger partial charge in [-0.1, -0.05) is 0 Å². The molecule has 0 radical (unpaired) electrons. The van der Waals surface area contributed by atoms with Crippen LogP contribution in [0.2, 0.25) is 0 Å². The van der Waals surface area contributed by atoms with Crippen molar-refractivity contribution in [3.05, 3.63) is 0 Å². The van der Waals surface area contributed by atoms with Crippen LogP contribution in [0, 0.1) is 0 Å². The molecule has 0 aromatic carbocycles. The molecule has 0 aliphatic rings. The van der Waals surface area contributed by atoms with Gasteiger partial charge in [0.2, 0.25) is 15.9 Å². The predicted molar refractivity (Wildman–Crippen MR) is 61.7 cm³/mol. The largest absolute Gasteiger partial charge is 0.349 e. The van der Waals surface area contributed by atoms with Gasteiger partial charge in [-0.25, -0.2) is 21.9 Å². The molecule has 0 saturated carbocycles. The highest BCUT2D eigenvalue weighted by Gasteiger charge is 2.28. The molecular weight excluding hydrogens is 280 g/mol. The Morgan fingerprint density at radius 2 is 1.94 bits per heavy atom. The topological polar surface area (TPSA) is 101 Å². The molecule has 0 aromatic rings. The third kappa shape index (κ3) is 9.22. The van der Waals surface area contributed by atoms with Crippen LogP contribution in [0.15, 0.2) is 0 Å². The van der Waals surface area contributed by atoms with Gasteiger partial charge in [-0.15, -0.1) is 12.4 Å². The lowest BCUT2D eigenvalue weighted by Crippen LogP contribution is -2.49. The van der Waals surface area contributed by atoms with Crippen molar-refractivity contribution in [2.45, 2.75) is 18.9 Å². The van der Waals surface area contributed by atoms with Gasteiger partial charge in [0, 0.05) is 0 Å². The van der Waals surface area contributed by atoms with Crippen molar-refractivity contribution in [2.75, 3.05) is 19.3 Å². The van der Waals surface area contributed by atoms with E-state index in [-0.39, 0.29) is 12.4 Å². The van der Waals surface area contributed by atoms with Crippen LogP contribution in [-0.4, -0.2) is 45.6 Å². The SMILES string of the molecule is CC(NS(C)(=O)=O)C(=O)NCC(F)(F)CN.Cl. The summed E-state index contributed by atoms with van der Waals surface area (Å²) in [6.07, 6.45) is 0.866. The number of hydrogen-bond donors (Lipinski definition) is 3. The number of carbonyl (C=O) groups is 1. The third-order valence-electron chi connectivity index (χ3n) is 1.60. The molecule has 1 amide bonds. The average molecular weight is 296 g/mol. The number of sulfonamides is 1. The lowest BCUT2D eigenvalue weighted by molar-refractivity contribution is -0.124. The van der Waals surface area contributed by atoms with Gasteiger partial charge in [0.05, 0.1) is 25.4 Å². The van der Waals surface area contributed by atoms with Crippen molar-refractivity contribution in [2.24, 2.45) is 5.73 Å². The first-order valence-corrected chi connectivity index (χ1v) is 6.29. The van der Waals surface area contributed by atoms with Gasteiger partial charge in [0.1, 0.15) is 0 Å². The number of nitrogens with two attached hydrogens (primary N) is 1. The van der Waals surface area contributed by atoms with E-state index in [1.807, 2.05) is 10.0 Å². The van der Waals surface area contributed by atoms with Crippen molar-refractivity contribution in [1.29, 1.82) is 0 Å². The van der Waals surface area contributed by atoms with Crippen molar-refractivity contribution in [3.63, 3.8) is 0 Å². The molecule has 104 valence electrons. The first-order valence-electron chi connectivity index (χ1n) is 4.40. The second-order valence-corrected chi connectivity index (χ2v) is 5.17. The molecule has 0 aliphatic carbocycles. The van der Waals surface area contributed by atoms with E-state index in [0.29, 0.717) is 0 Å². The summed E-state index contributed by atoms with van der Waals surface area (Å²) in [5.41, 5.74) is 4.76. The molecule has 6 nitrogen and oxygen atoms in total. The summed E-state index contributed by atoms with van der Waals surface area (Å²) < 4.78 is 48.7. The number of hydrogen-bond acceptors (Lipinski definition) is 4. The second-order valence-electron chi connectivity index (χ2n) is 3.39. The summed E-state index contributed by atoms with van der Waals surface area (Å²) in [4.78, 5) is 11.2. The Morgan fingerprint density at radius 3 is 2.29 bits per heavy atom. The molecule has 0 heterocycles. The van der Waals surface area contributed by atoms with Gasteiger partial charge < -0.3 is 11.1 Å². The number of rotatable bonds is 6. The minimum atomic E-state index is -3.55. The Balaban J connectivity index is 0. The molecular formula is C7H16ClF2N3O3S. The quantitative estimate of drug-likeness (QED) is 0.588. The van der Waals surface area contributed by atoms with Crippen molar-refractivity contribution >= 4 is 28.3 Å². The monoisotopic (exact) mass is 295 g/mol. The van der Waals surface area contributed by atoms with Crippen LogP contribution in [0.4, 0.5) is 8.78 Å². The van der Waals surface area contributed by atoms with E-state index in [0.717, 1.165) is 6.26 Å². The fourth-order valence-corrected chi connectivity index (χ4v) is 1.57. The van der Waals surface area contributed by atoms with E-state index in [1.165, 1.54) is 6.92 Å². The fourth-order valence-electron chi connectivity index (χ4n) is 0.816. The lowest BCUT2D eigenvalue weighted by atomic mass is 10.3. The van der Waals surface area contributed by atoms with Crippen LogP contribution in [0.1, 0.15) is 6.92 Å². The Kier molecular flexibility index (Phi) is 7.81. The molecule has 10 heteroatoms. The molecule has 1 unspecified atom stereocenters. The maximum absolute atomic E-state index is 12.6. The number of carbonyl (C=O) groups excluding carboxylic acids is 1. The molecule has 0 saturated heterocycles. The van der Waals surface area contributed by atoms with Crippen LogP contribution in [0.25, 0.3) is 0 Å². The van der Waals surface area contributed by atoms with Gasteiger partial charge in [-0.2, -0.15) is 0 Å². The van der Waals surface area contributed by atoms with Gasteiger partial charge >= 0.3 is 0 Å². The Labute approximate surface area is 105 Å². The van der Waals surface area contributed by atoms with Crippen LogP contribution < -0.4 is 15.8 Å². The predicted octanol–water partition coefficient (Wildman–Crippen LogP) is -0.944. The zero-order valence-corrected chi connectivity index (χ0v) is 11.0. The van der Waals surface area contributed by atoms with Crippen molar-refractivity contribution in [3.8, 4) is 0 Å². The summed E-state index contributed by atoms with van der Waals surface area (Å²) in [6, 6.07) is -1.11. The first kappa shape index (κ1) is 18.8. The van der Waals surface area contributed by atoms with E-state index in [9.17, 15) is 22.0 Å². The van der Waals surface area contributed by atoms with Gasteiger partial charge in [-0.3, -0.25) is 4.79 Å². The zero-order chi connectivity index (χ0) is 13.0. The van der Waals surface area contributed by atoms with Crippen LogP contribution in [0.5, 0.6) is 0 Å². The zero-order valence-electron chi connectivity index (χ0n) is 9.37. The summed E-state index contributed by atoms with van der Waals surface area (Å²) in [5, 5.41) is 1.90. The molecule has 0 bridgehead atoms. The van der Waals surface area contributed by atoms with E-state index in [2.05, 4.69) is 0 Å². The molecule has 1 atom stereocenters. The minimum absolute atomic E-state index is 0. The third-order valence-corrected chi connectivity index (χ3v) is 2.39. The maximum Gasteiger partial charge on any atom is 0.277 e. The standard InChI is InChI=1S/C7H15F2N3O3S.ClH/c1-5(12-16(2,14)15)6(13)11-4-7(8,9)3-10;/h5,12H,3-4,10H2,1-2H3,(H,11,13);1H. The van der Waals surface area contributed by atoms with E-state index in [1.54, 1.807) is 0 Å². The Morgan fingerprint density at radius 1 is 1.47 bits per heavy atom. The molecule has 0 aromatic heterocycles. The van der Waals surface area contributed by atoms with Gasteiger partial charge in [0.15, 0.2) is 0 Å². The van der Waals surface area contributed by atoms with Crippen LogP contribution >= 0.6 is 12.4 Å². The normalized spacial score (nSPS) is 13.7. The molecule has 0 spiro atoms. The maximum atomic E-state index is 12.6. The Hall–Kier alpha value is -0.510. The number of alkyl halides is 2. The molecule has 4 N–H and O–H groups in total. The van der Waals surface area contributed by atoms with E-state index in [4.69, 9.17) is 5.73 Å².